The highest BCUT2D eigenvalue weighted by molar-refractivity contribution is 7.95. The molecule has 0 aliphatic carbocycles. The second-order valence-corrected chi connectivity index (χ2v) is 7.87. The molecule has 0 aliphatic rings. The highest BCUT2D eigenvalue weighted by atomic mass is 32.2. The molecule has 0 saturated carbocycles. The number of esters is 1. The van der Waals surface area contributed by atoms with Crippen LogP contribution in [0.5, 0.6) is 0 Å². The van der Waals surface area contributed by atoms with Crippen molar-refractivity contribution in [2.45, 2.75) is 0 Å². The lowest BCUT2D eigenvalue weighted by Gasteiger charge is -2.07. The molecule has 0 amide bonds. The standard InChI is InChI=1S/C23H19NO5S/c25-22(19-9-5-2-6-10-19)17-29-23(26)20-11-13-21(14-12-20)24-30(27,28)16-15-18-7-3-1-4-8-18/h1-16,24H,17H2/b16-15+. The van der Waals surface area contributed by atoms with E-state index < -0.39 is 16.0 Å². The van der Waals surface area contributed by atoms with Crippen molar-refractivity contribution >= 4 is 33.5 Å². The van der Waals surface area contributed by atoms with E-state index in [4.69, 9.17) is 4.74 Å². The minimum Gasteiger partial charge on any atom is -0.454 e. The fraction of sp³-hybridized carbons (Fsp3) is 0.0435. The van der Waals surface area contributed by atoms with Gasteiger partial charge in [0.1, 0.15) is 0 Å². The molecule has 3 aromatic carbocycles. The number of sulfonamides is 1. The van der Waals surface area contributed by atoms with Gasteiger partial charge in [0, 0.05) is 11.3 Å². The fourth-order valence-corrected chi connectivity index (χ4v) is 3.40. The number of ketones is 1. The molecule has 0 heterocycles. The number of hydrogen-bond donors (Lipinski definition) is 1. The van der Waals surface area contributed by atoms with Crippen LogP contribution in [-0.4, -0.2) is 26.8 Å². The number of rotatable bonds is 8. The molecule has 0 saturated heterocycles. The van der Waals surface area contributed by atoms with Crippen LogP contribution < -0.4 is 4.72 Å². The summed E-state index contributed by atoms with van der Waals surface area (Å²) in [5.74, 6) is -0.976. The first-order valence-electron chi connectivity index (χ1n) is 9.04. The van der Waals surface area contributed by atoms with Gasteiger partial charge in [-0.05, 0) is 35.9 Å². The summed E-state index contributed by atoms with van der Waals surface area (Å²) in [6.07, 6.45) is 1.48. The summed E-state index contributed by atoms with van der Waals surface area (Å²) >= 11 is 0. The highest BCUT2D eigenvalue weighted by Gasteiger charge is 2.12. The van der Waals surface area contributed by atoms with E-state index in [0.29, 0.717) is 11.3 Å². The van der Waals surface area contributed by atoms with Gasteiger partial charge in [-0.2, -0.15) is 0 Å². The predicted molar refractivity (Wildman–Crippen MR) is 116 cm³/mol. The largest absolute Gasteiger partial charge is 0.454 e. The van der Waals surface area contributed by atoms with Gasteiger partial charge in [-0.25, -0.2) is 13.2 Å². The average Bonchev–Trinajstić information content (AvgIpc) is 2.77. The maximum absolute atomic E-state index is 12.2. The van der Waals surface area contributed by atoms with Gasteiger partial charge in [-0.15, -0.1) is 0 Å². The first-order valence-corrected chi connectivity index (χ1v) is 10.6. The summed E-state index contributed by atoms with van der Waals surface area (Å²) in [7, 11) is -3.71. The minimum atomic E-state index is -3.71. The number of ether oxygens (including phenoxy) is 1. The van der Waals surface area contributed by atoms with Crippen molar-refractivity contribution < 1.29 is 22.7 Å². The van der Waals surface area contributed by atoms with Gasteiger partial charge in [-0.1, -0.05) is 60.7 Å². The van der Waals surface area contributed by atoms with Crippen LogP contribution in [0.15, 0.2) is 90.3 Å². The molecular weight excluding hydrogens is 402 g/mol. The van der Waals surface area contributed by atoms with Crippen LogP contribution in [-0.2, 0) is 14.8 Å². The summed E-state index contributed by atoms with van der Waals surface area (Å²) < 4.78 is 31.8. The lowest BCUT2D eigenvalue weighted by molar-refractivity contribution is 0.0475. The van der Waals surface area contributed by atoms with E-state index in [1.54, 1.807) is 42.5 Å². The van der Waals surface area contributed by atoms with E-state index in [2.05, 4.69) is 4.72 Å². The molecule has 0 spiro atoms. The number of carbonyl (C=O) groups excluding carboxylic acids is 2. The Morgan fingerprint density at radius 2 is 1.40 bits per heavy atom. The van der Waals surface area contributed by atoms with Crippen molar-refractivity contribution in [1.29, 1.82) is 0 Å². The Bertz CT molecular complexity index is 1140. The summed E-state index contributed by atoms with van der Waals surface area (Å²) in [5.41, 5.74) is 1.72. The maximum Gasteiger partial charge on any atom is 0.338 e. The fourth-order valence-electron chi connectivity index (χ4n) is 2.53. The van der Waals surface area contributed by atoms with E-state index in [0.717, 1.165) is 11.0 Å². The SMILES string of the molecule is O=C(COC(=O)c1ccc(NS(=O)(=O)/C=C/c2ccccc2)cc1)c1ccccc1. The predicted octanol–water partition coefficient (Wildman–Crippen LogP) is 4.14. The van der Waals surface area contributed by atoms with Crippen molar-refractivity contribution in [3.8, 4) is 0 Å². The van der Waals surface area contributed by atoms with Gasteiger partial charge in [0.25, 0.3) is 10.0 Å². The van der Waals surface area contributed by atoms with E-state index in [1.165, 1.54) is 30.3 Å². The molecule has 3 rings (SSSR count). The molecular formula is C23H19NO5S. The second-order valence-electron chi connectivity index (χ2n) is 6.30. The van der Waals surface area contributed by atoms with Crippen LogP contribution in [0, 0.1) is 0 Å². The third-order valence-corrected chi connectivity index (χ3v) is 5.06. The Labute approximate surface area is 174 Å². The molecule has 0 unspecified atom stereocenters. The Morgan fingerprint density at radius 3 is 2.03 bits per heavy atom. The number of anilines is 1. The molecule has 0 aromatic heterocycles. The van der Waals surface area contributed by atoms with Crippen molar-refractivity contribution in [2.24, 2.45) is 0 Å². The van der Waals surface area contributed by atoms with Crippen molar-refractivity contribution in [2.75, 3.05) is 11.3 Å². The van der Waals surface area contributed by atoms with Gasteiger partial charge >= 0.3 is 5.97 Å². The smallest absolute Gasteiger partial charge is 0.338 e. The Hall–Kier alpha value is -3.71. The number of Topliss-reactive ketones (excluding diaryl/α,β-unsaturated/α-hetero) is 1. The van der Waals surface area contributed by atoms with E-state index in [1.807, 2.05) is 18.2 Å². The Kier molecular flexibility index (Phi) is 6.77. The first kappa shape index (κ1) is 21.0. The van der Waals surface area contributed by atoms with Crippen LogP contribution >= 0.6 is 0 Å². The molecule has 152 valence electrons. The number of nitrogens with one attached hydrogen (secondary N) is 1. The molecule has 7 heteroatoms. The third kappa shape index (κ3) is 6.15. The van der Waals surface area contributed by atoms with Gasteiger partial charge in [0.15, 0.2) is 12.4 Å². The zero-order valence-electron chi connectivity index (χ0n) is 15.9. The molecule has 1 N–H and O–H groups in total. The molecule has 0 atom stereocenters. The third-order valence-electron chi connectivity index (χ3n) is 4.05. The normalized spacial score (nSPS) is 11.2. The van der Waals surface area contributed by atoms with E-state index >= 15 is 0 Å². The van der Waals surface area contributed by atoms with Crippen LogP contribution in [0.3, 0.4) is 0 Å². The van der Waals surface area contributed by atoms with E-state index in [9.17, 15) is 18.0 Å². The number of hydrogen-bond acceptors (Lipinski definition) is 5. The molecule has 0 fully saturated rings. The van der Waals surface area contributed by atoms with Crippen LogP contribution in [0.1, 0.15) is 26.3 Å². The molecule has 6 nitrogen and oxygen atoms in total. The van der Waals surface area contributed by atoms with Gasteiger partial charge in [0.05, 0.1) is 11.0 Å². The highest BCUT2D eigenvalue weighted by Crippen LogP contribution is 2.14. The van der Waals surface area contributed by atoms with Gasteiger partial charge in [-0.3, -0.25) is 9.52 Å². The quantitative estimate of drug-likeness (QED) is 0.436. The monoisotopic (exact) mass is 421 g/mol. The topological polar surface area (TPSA) is 89.5 Å². The van der Waals surface area contributed by atoms with Crippen LogP contribution in [0.2, 0.25) is 0 Å². The molecule has 0 aliphatic heterocycles. The van der Waals surface area contributed by atoms with Crippen molar-refractivity contribution in [3.63, 3.8) is 0 Å². The Balaban J connectivity index is 1.57. The number of benzene rings is 3. The minimum absolute atomic E-state index is 0.207. The van der Waals surface area contributed by atoms with Crippen molar-refractivity contribution in [1.82, 2.24) is 0 Å². The zero-order chi connectivity index (χ0) is 21.4. The molecule has 30 heavy (non-hydrogen) atoms. The maximum atomic E-state index is 12.2. The summed E-state index contributed by atoms with van der Waals surface area (Å²) in [5, 5.41) is 1.07. The summed E-state index contributed by atoms with van der Waals surface area (Å²) in [6.45, 7) is -0.374. The molecule has 3 aromatic rings. The Morgan fingerprint density at radius 1 is 0.800 bits per heavy atom. The van der Waals surface area contributed by atoms with Crippen molar-refractivity contribution in [3.05, 3.63) is 107 Å². The van der Waals surface area contributed by atoms with Gasteiger partial charge in [0.2, 0.25) is 0 Å². The number of carbonyl (C=O) groups is 2. The molecule has 0 radical (unpaired) electrons. The summed E-state index contributed by atoms with van der Waals surface area (Å²) in [6, 6.07) is 23.3. The average molecular weight is 421 g/mol. The molecule has 0 bridgehead atoms. The first-order chi connectivity index (χ1) is 14.4. The van der Waals surface area contributed by atoms with Gasteiger partial charge < -0.3 is 4.74 Å². The lowest BCUT2D eigenvalue weighted by atomic mass is 10.1. The van der Waals surface area contributed by atoms with E-state index in [-0.39, 0.29) is 18.0 Å². The zero-order valence-corrected chi connectivity index (χ0v) is 16.7. The summed E-state index contributed by atoms with van der Waals surface area (Å²) in [4.78, 5) is 24.1. The lowest BCUT2D eigenvalue weighted by Crippen LogP contribution is -2.14. The van der Waals surface area contributed by atoms with Crippen LogP contribution in [0.4, 0.5) is 5.69 Å². The second kappa shape index (κ2) is 9.67. The van der Waals surface area contributed by atoms with Crippen LogP contribution in [0.25, 0.3) is 6.08 Å².